The molecule has 1 aromatic carbocycles. The van der Waals surface area contributed by atoms with E-state index in [1.165, 1.54) is 11.3 Å². The molecule has 2 saturated heterocycles. The number of hydrogen-bond donors (Lipinski definition) is 1. The molecule has 2 heterocycles. The van der Waals surface area contributed by atoms with Crippen LogP contribution in [0.25, 0.3) is 0 Å². The third-order valence-corrected chi connectivity index (χ3v) is 4.69. The Hall–Kier alpha value is -1.59. The highest BCUT2D eigenvalue weighted by Gasteiger charge is 2.23. The Morgan fingerprint density at radius 1 is 1.30 bits per heavy atom. The van der Waals surface area contributed by atoms with Crippen molar-refractivity contribution >= 4 is 11.6 Å². The summed E-state index contributed by atoms with van der Waals surface area (Å²) in [5.74, 6) is 0.0564. The van der Waals surface area contributed by atoms with Crippen molar-refractivity contribution < 1.29 is 9.53 Å². The maximum Gasteiger partial charge on any atom is 0.249 e. The Kier molecular flexibility index (Phi) is 5.51. The zero-order chi connectivity index (χ0) is 16.1. The van der Waals surface area contributed by atoms with Crippen molar-refractivity contribution in [2.75, 3.05) is 50.8 Å². The second-order valence-corrected chi connectivity index (χ2v) is 6.46. The van der Waals surface area contributed by atoms with Crippen molar-refractivity contribution in [3.05, 3.63) is 29.8 Å². The quantitative estimate of drug-likeness (QED) is 0.892. The third kappa shape index (κ3) is 4.45. The molecular weight excluding hydrogens is 290 g/mol. The van der Waals surface area contributed by atoms with Gasteiger partial charge in [0.25, 0.3) is 0 Å². The van der Waals surface area contributed by atoms with E-state index in [0.29, 0.717) is 6.54 Å². The molecule has 3 rings (SSSR count). The number of carbonyl (C=O) groups is 1. The van der Waals surface area contributed by atoms with Crippen molar-refractivity contribution in [1.29, 1.82) is 0 Å². The Morgan fingerprint density at radius 2 is 2.13 bits per heavy atom. The number of rotatable bonds is 5. The predicted octanol–water partition coefficient (Wildman–Crippen LogP) is 1.41. The van der Waals surface area contributed by atoms with Gasteiger partial charge in [0, 0.05) is 51.6 Å². The minimum Gasteiger partial charge on any atom is -0.369 e. The smallest absolute Gasteiger partial charge is 0.249 e. The third-order valence-electron chi connectivity index (χ3n) is 4.69. The second-order valence-electron chi connectivity index (χ2n) is 6.46. The Balaban J connectivity index is 1.37. The number of piperazine rings is 1. The molecule has 1 N–H and O–H groups in total. The lowest BCUT2D eigenvalue weighted by atomic mass is 10.2. The van der Waals surface area contributed by atoms with Crippen LogP contribution in [0.2, 0.25) is 0 Å². The van der Waals surface area contributed by atoms with Crippen LogP contribution in [-0.4, -0.2) is 62.8 Å². The molecule has 0 saturated carbocycles. The van der Waals surface area contributed by atoms with E-state index < -0.39 is 0 Å². The van der Waals surface area contributed by atoms with Crippen LogP contribution in [0.5, 0.6) is 0 Å². The summed E-state index contributed by atoms with van der Waals surface area (Å²) in [7, 11) is 0. The molecule has 2 aliphatic rings. The largest absolute Gasteiger partial charge is 0.369 e. The summed E-state index contributed by atoms with van der Waals surface area (Å²) < 4.78 is 5.40. The van der Waals surface area contributed by atoms with Gasteiger partial charge in [-0.1, -0.05) is 12.1 Å². The number of amides is 1. The van der Waals surface area contributed by atoms with E-state index in [1.54, 1.807) is 0 Å². The van der Waals surface area contributed by atoms with E-state index in [1.807, 2.05) is 0 Å². The van der Waals surface area contributed by atoms with Crippen LogP contribution in [0.15, 0.2) is 24.3 Å². The lowest BCUT2D eigenvalue weighted by Gasteiger charge is -2.36. The summed E-state index contributed by atoms with van der Waals surface area (Å²) in [6.45, 7) is 8.67. The number of aryl methyl sites for hydroxylation is 1. The maximum atomic E-state index is 11.9. The van der Waals surface area contributed by atoms with Crippen LogP contribution < -0.4 is 10.2 Å². The van der Waals surface area contributed by atoms with Crippen LogP contribution in [0, 0.1) is 6.92 Å². The molecule has 1 unspecified atom stereocenters. The molecule has 0 aromatic heterocycles. The zero-order valence-corrected chi connectivity index (χ0v) is 14.0. The highest BCUT2D eigenvalue weighted by Crippen LogP contribution is 2.17. The summed E-state index contributed by atoms with van der Waals surface area (Å²) in [4.78, 5) is 16.8. The number of nitrogens with zero attached hydrogens (tertiary/aromatic N) is 2. The Morgan fingerprint density at radius 3 is 2.83 bits per heavy atom. The molecule has 0 spiro atoms. The van der Waals surface area contributed by atoms with Gasteiger partial charge in [0.1, 0.15) is 6.10 Å². The van der Waals surface area contributed by atoms with Crippen LogP contribution >= 0.6 is 0 Å². The molecule has 126 valence electrons. The fourth-order valence-electron chi connectivity index (χ4n) is 3.29. The number of hydrogen-bond acceptors (Lipinski definition) is 4. The lowest BCUT2D eigenvalue weighted by molar-refractivity contribution is -0.130. The molecule has 0 bridgehead atoms. The average Bonchev–Trinajstić information content (AvgIpc) is 3.10. The lowest BCUT2D eigenvalue weighted by Crippen LogP contribution is -2.49. The van der Waals surface area contributed by atoms with Gasteiger partial charge in [-0.25, -0.2) is 0 Å². The van der Waals surface area contributed by atoms with Crippen molar-refractivity contribution in [3.63, 3.8) is 0 Å². The number of anilines is 1. The van der Waals surface area contributed by atoms with E-state index in [-0.39, 0.29) is 12.0 Å². The van der Waals surface area contributed by atoms with Crippen LogP contribution in [0.1, 0.15) is 18.4 Å². The SMILES string of the molecule is Cc1cccc(N2CCN(CCNC(=O)C3CCCO3)CC2)c1. The fraction of sp³-hybridized carbons (Fsp3) is 0.611. The van der Waals surface area contributed by atoms with E-state index in [9.17, 15) is 4.79 Å². The van der Waals surface area contributed by atoms with Crippen LogP contribution in [0.3, 0.4) is 0 Å². The van der Waals surface area contributed by atoms with Gasteiger partial charge in [-0.2, -0.15) is 0 Å². The van der Waals surface area contributed by atoms with Crippen molar-refractivity contribution in [2.45, 2.75) is 25.9 Å². The predicted molar refractivity (Wildman–Crippen MR) is 91.8 cm³/mol. The fourth-order valence-corrected chi connectivity index (χ4v) is 3.29. The van der Waals surface area contributed by atoms with Crippen LogP contribution in [-0.2, 0) is 9.53 Å². The minimum absolute atomic E-state index is 0.0564. The highest BCUT2D eigenvalue weighted by molar-refractivity contribution is 5.80. The zero-order valence-electron chi connectivity index (χ0n) is 14.0. The van der Waals surface area contributed by atoms with Gasteiger partial charge in [0.2, 0.25) is 5.91 Å². The molecule has 2 aliphatic heterocycles. The number of benzene rings is 1. The first-order chi connectivity index (χ1) is 11.2. The average molecular weight is 317 g/mol. The van der Waals surface area contributed by atoms with Gasteiger partial charge in [0.05, 0.1) is 0 Å². The summed E-state index contributed by atoms with van der Waals surface area (Å²) >= 11 is 0. The van der Waals surface area contributed by atoms with Gasteiger partial charge in [-0.05, 0) is 37.5 Å². The summed E-state index contributed by atoms with van der Waals surface area (Å²) in [5.41, 5.74) is 2.62. The first kappa shape index (κ1) is 16.3. The Bertz CT molecular complexity index is 521. The second kappa shape index (κ2) is 7.79. The topological polar surface area (TPSA) is 44.8 Å². The molecular formula is C18H27N3O2. The molecule has 5 nitrogen and oxygen atoms in total. The van der Waals surface area contributed by atoms with Crippen molar-refractivity contribution in [1.82, 2.24) is 10.2 Å². The highest BCUT2D eigenvalue weighted by atomic mass is 16.5. The van der Waals surface area contributed by atoms with E-state index in [0.717, 1.165) is 52.2 Å². The normalized spacial score (nSPS) is 22.3. The van der Waals surface area contributed by atoms with E-state index >= 15 is 0 Å². The molecule has 0 radical (unpaired) electrons. The number of nitrogens with one attached hydrogen (secondary N) is 1. The maximum absolute atomic E-state index is 11.9. The minimum atomic E-state index is -0.215. The number of ether oxygens (including phenoxy) is 1. The summed E-state index contributed by atoms with van der Waals surface area (Å²) in [6.07, 6.45) is 1.65. The summed E-state index contributed by atoms with van der Waals surface area (Å²) in [6, 6.07) is 8.69. The number of carbonyl (C=O) groups excluding carboxylic acids is 1. The van der Waals surface area contributed by atoms with Gasteiger partial charge in [-0.15, -0.1) is 0 Å². The van der Waals surface area contributed by atoms with Crippen molar-refractivity contribution in [3.8, 4) is 0 Å². The molecule has 2 fully saturated rings. The van der Waals surface area contributed by atoms with Gasteiger partial charge < -0.3 is 15.0 Å². The van der Waals surface area contributed by atoms with Gasteiger partial charge >= 0.3 is 0 Å². The first-order valence-corrected chi connectivity index (χ1v) is 8.66. The Labute approximate surface area is 138 Å². The first-order valence-electron chi connectivity index (χ1n) is 8.66. The van der Waals surface area contributed by atoms with E-state index in [4.69, 9.17) is 4.74 Å². The van der Waals surface area contributed by atoms with Crippen LogP contribution in [0.4, 0.5) is 5.69 Å². The van der Waals surface area contributed by atoms with E-state index in [2.05, 4.69) is 46.3 Å². The van der Waals surface area contributed by atoms with Crippen molar-refractivity contribution in [2.24, 2.45) is 0 Å². The monoisotopic (exact) mass is 317 g/mol. The molecule has 1 aromatic rings. The molecule has 23 heavy (non-hydrogen) atoms. The molecule has 1 atom stereocenters. The van der Waals surface area contributed by atoms with Gasteiger partial charge in [0.15, 0.2) is 0 Å². The molecule has 5 heteroatoms. The standard InChI is InChI=1S/C18H27N3O2/c1-15-4-2-5-16(14-15)21-11-9-20(10-12-21)8-7-19-18(22)17-6-3-13-23-17/h2,4-5,14,17H,3,6-13H2,1H3,(H,19,22). The summed E-state index contributed by atoms with van der Waals surface area (Å²) in [5, 5.41) is 3.00. The molecule has 0 aliphatic carbocycles. The molecule has 1 amide bonds. The van der Waals surface area contributed by atoms with Gasteiger partial charge in [-0.3, -0.25) is 9.69 Å².